The Morgan fingerprint density at radius 3 is 1.15 bits per heavy atom. The van der Waals surface area contributed by atoms with Crippen LogP contribution in [-0.4, -0.2) is 54.4 Å². The Balaban J connectivity index is 6.30. The highest BCUT2D eigenvalue weighted by atomic mass is 32.2. The van der Waals surface area contributed by atoms with Crippen LogP contribution in [0.4, 0.5) is 65.9 Å². The first-order valence-electron chi connectivity index (χ1n) is 5.21. The molecule has 0 heterocycles. The second kappa shape index (κ2) is 6.16. The molecule has 4 nitrogen and oxygen atoms in total. The Bertz CT molecular complexity index is 662. The Labute approximate surface area is 136 Å². The zero-order valence-corrected chi connectivity index (χ0v) is 12.1. The van der Waals surface area contributed by atoms with E-state index in [4.69, 9.17) is 4.55 Å². The number of alkyl halides is 15. The fourth-order valence-electron chi connectivity index (χ4n) is 0.993. The molecule has 0 aliphatic heterocycles. The summed E-state index contributed by atoms with van der Waals surface area (Å²) in [5.74, 6) is -24.6. The summed E-state index contributed by atoms with van der Waals surface area (Å²) >= 11 is 0. The minimum Gasteiger partial charge on any atom is -0.281 e. The molecular weight excluding hydrogens is 465 g/mol. The van der Waals surface area contributed by atoms with Crippen molar-refractivity contribution in [2.45, 2.75) is 41.4 Å². The Kier molecular flexibility index (Phi) is 5.89. The van der Waals surface area contributed by atoms with Crippen LogP contribution in [0, 0.1) is 0 Å². The molecule has 0 rings (SSSR count). The third-order valence-corrected chi connectivity index (χ3v) is 3.31. The van der Waals surface area contributed by atoms with Crippen LogP contribution in [0.3, 0.4) is 0 Å². The van der Waals surface area contributed by atoms with Gasteiger partial charge in [-0.15, -0.1) is 0 Å². The van der Waals surface area contributed by atoms with Crippen LogP contribution in [0.15, 0.2) is 0 Å². The number of hydrogen-bond donors (Lipinski definition) is 1. The molecule has 0 aliphatic rings. The fourth-order valence-corrected chi connectivity index (χ4v) is 1.33. The van der Waals surface area contributed by atoms with Gasteiger partial charge in [0.1, 0.15) is 0 Å². The van der Waals surface area contributed by atoms with Gasteiger partial charge in [0.2, 0.25) is 0 Å². The molecule has 0 bridgehead atoms. The van der Waals surface area contributed by atoms with Crippen molar-refractivity contribution < 1.29 is 83.6 Å². The van der Waals surface area contributed by atoms with Crippen LogP contribution in [-0.2, 0) is 14.9 Å². The van der Waals surface area contributed by atoms with Crippen molar-refractivity contribution in [3.05, 3.63) is 0 Å². The lowest BCUT2D eigenvalue weighted by atomic mass is 10.0. The molecular formula is C7HF15O4S. The van der Waals surface area contributed by atoms with E-state index >= 15 is 0 Å². The Morgan fingerprint density at radius 1 is 0.556 bits per heavy atom. The second-order valence-corrected chi connectivity index (χ2v) is 5.81. The average Bonchev–Trinajstić information content (AvgIpc) is 2.33. The Hall–Kier alpha value is -1.18. The topological polar surface area (TPSA) is 63.6 Å². The summed E-state index contributed by atoms with van der Waals surface area (Å²) in [4.78, 5) is 0. The van der Waals surface area contributed by atoms with Gasteiger partial charge in [0, 0.05) is 0 Å². The predicted molar refractivity (Wildman–Crippen MR) is 48.4 cm³/mol. The average molecular weight is 466 g/mol. The molecule has 0 atom stereocenters. The summed E-state index contributed by atoms with van der Waals surface area (Å²) in [5, 5.41) is -7.25. The van der Waals surface area contributed by atoms with Crippen molar-refractivity contribution in [2.24, 2.45) is 0 Å². The van der Waals surface area contributed by atoms with Gasteiger partial charge in [0.15, 0.2) is 0 Å². The maximum atomic E-state index is 12.8. The zero-order valence-electron chi connectivity index (χ0n) is 11.2. The van der Waals surface area contributed by atoms with E-state index in [9.17, 15) is 74.3 Å². The summed E-state index contributed by atoms with van der Waals surface area (Å²) < 4.78 is 216. The summed E-state index contributed by atoms with van der Waals surface area (Å²) in [5.41, 5.74) is 0. The minimum absolute atomic E-state index is 1.19. The highest BCUT2D eigenvalue weighted by molar-refractivity contribution is 7.86. The van der Waals surface area contributed by atoms with E-state index in [1.54, 1.807) is 0 Å². The standard InChI is InChI=1S/C7HF15O4S/c8-1(9,2(10,11)4(14,15)16)3(12,13)5(17,18)26-6(19,20)7(21,22)27(23,24)25/h(H,23,24,25). The molecule has 0 spiro atoms. The van der Waals surface area contributed by atoms with Crippen molar-refractivity contribution in [3.63, 3.8) is 0 Å². The third-order valence-electron chi connectivity index (χ3n) is 2.43. The van der Waals surface area contributed by atoms with Crippen LogP contribution < -0.4 is 0 Å². The van der Waals surface area contributed by atoms with Gasteiger partial charge >= 0.3 is 51.5 Å². The molecule has 0 fully saturated rings. The number of halogens is 15. The molecule has 0 saturated carbocycles. The van der Waals surface area contributed by atoms with E-state index in [2.05, 4.69) is 0 Å². The molecule has 0 aromatic heterocycles. The van der Waals surface area contributed by atoms with Gasteiger partial charge in [-0.3, -0.25) is 4.55 Å². The normalized spacial score (nSPS) is 16.6. The first-order chi connectivity index (χ1) is 11.2. The van der Waals surface area contributed by atoms with Crippen LogP contribution in [0.25, 0.3) is 0 Å². The first-order valence-corrected chi connectivity index (χ1v) is 6.65. The number of ether oxygens (including phenoxy) is 1. The van der Waals surface area contributed by atoms with Gasteiger partial charge in [-0.2, -0.15) is 74.3 Å². The van der Waals surface area contributed by atoms with Crippen LogP contribution >= 0.6 is 0 Å². The molecule has 0 aromatic rings. The van der Waals surface area contributed by atoms with Crippen LogP contribution in [0.5, 0.6) is 0 Å². The number of hydrogen-bond acceptors (Lipinski definition) is 3. The SMILES string of the molecule is O=S(=O)(O)C(F)(F)C(F)(F)OC(F)(F)C(F)(F)C(F)(F)C(F)(F)C(F)(F)F. The first kappa shape index (κ1) is 25.8. The van der Waals surface area contributed by atoms with E-state index < -0.39 is 51.5 Å². The summed E-state index contributed by atoms with van der Waals surface area (Å²) in [6.45, 7) is 0. The highest BCUT2D eigenvalue weighted by Gasteiger charge is 2.89. The van der Waals surface area contributed by atoms with Crippen LogP contribution in [0.1, 0.15) is 0 Å². The molecule has 0 saturated heterocycles. The highest BCUT2D eigenvalue weighted by Crippen LogP contribution is 2.59. The van der Waals surface area contributed by atoms with Crippen molar-refractivity contribution in [1.82, 2.24) is 0 Å². The van der Waals surface area contributed by atoms with Crippen LogP contribution in [0.2, 0.25) is 0 Å². The predicted octanol–water partition coefficient (Wildman–Crippen LogP) is 4.14. The van der Waals surface area contributed by atoms with Gasteiger partial charge in [-0.25, -0.2) is 4.74 Å². The molecule has 27 heavy (non-hydrogen) atoms. The summed E-state index contributed by atoms with van der Waals surface area (Å²) in [6.07, 6.45) is -23.1. The smallest absolute Gasteiger partial charge is 0.281 e. The lowest BCUT2D eigenvalue weighted by molar-refractivity contribution is -0.499. The van der Waals surface area contributed by atoms with E-state index in [-0.39, 0.29) is 0 Å². The lowest BCUT2D eigenvalue weighted by Crippen LogP contribution is -2.68. The van der Waals surface area contributed by atoms with Gasteiger partial charge in [-0.1, -0.05) is 0 Å². The molecule has 0 radical (unpaired) electrons. The van der Waals surface area contributed by atoms with Crippen molar-refractivity contribution in [1.29, 1.82) is 0 Å². The van der Waals surface area contributed by atoms with E-state index in [1.807, 2.05) is 0 Å². The summed E-state index contributed by atoms with van der Waals surface area (Å²) in [6, 6.07) is 0. The molecule has 164 valence electrons. The zero-order chi connectivity index (χ0) is 22.7. The van der Waals surface area contributed by atoms with Gasteiger partial charge in [0.05, 0.1) is 0 Å². The molecule has 20 heteroatoms. The van der Waals surface area contributed by atoms with E-state index in [1.165, 1.54) is 4.74 Å². The van der Waals surface area contributed by atoms with Crippen molar-refractivity contribution >= 4 is 10.1 Å². The van der Waals surface area contributed by atoms with Gasteiger partial charge in [-0.05, 0) is 0 Å². The quantitative estimate of drug-likeness (QED) is 0.453. The molecule has 1 N–H and O–H groups in total. The second-order valence-electron chi connectivity index (χ2n) is 4.35. The largest absolute Gasteiger partial charge is 0.460 e. The van der Waals surface area contributed by atoms with Gasteiger partial charge < -0.3 is 0 Å². The minimum atomic E-state index is -8.27. The van der Waals surface area contributed by atoms with Crippen molar-refractivity contribution in [3.8, 4) is 0 Å². The van der Waals surface area contributed by atoms with E-state index in [0.29, 0.717) is 0 Å². The molecule has 0 aromatic carbocycles. The van der Waals surface area contributed by atoms with Crippen molar-refractivity contribution in [2.75, 3.05) is 0 Å². The monoisotopic (exact) mass is 466 g/mol. The third kappa shape index (κ3) is 3.74. The van der Waals surface area contributed by atoms with Gasteiger partial charge in [0.25, 0.3) is 0 Å². The van der Waals surface area contributed by atoms with E-state index in [0.717, 1.165) is 0 Å². The molecule has 0 amide bonds. The Morgan fingerprint density at radius 2 is 0.889 bits per heavy atom. The maximum Gasteiger partial charge on any atom is 0.460 e. The maximum absolute atomic E-state index is 12.8. The molecule has 0 aliphatic carbocycles. The summed E-state index contributed by atoms with van der Waals surface area (Å²) in [7, 11) is -7.47. The molecule has 0 unspecified atom stereocenters. The fraction of sp³-hybridized carbons (Fsp3) is 1.00. The lowest BCUT2D eigenvalue weighted by Gasteiger charge is -2.38. The number of rotatable bonds is 7.